The van der Waals surface area contributed by atoms with Crippen molar-refractivity contribution in [2.75, 3.05) is 18.0 Å². The van der Waals surface area contributed by atoms with Gasteiger partial charge in [-0.3, -0.25) is 0 Å². The van der Waals surface area contributed by atoms with Gasteiger partial charge in [0, 0.05) is 13.1 Å². The van der Waals surface area contributed by atoms with Crippen LogP contribution in [0.2, 0.25) is 5.02 Å². The van der Waals surface area contributed by atoms with Crippen molar-refractivity contribution in [3.8, 4) is 0 Å². The second kappa shape index (κ2) is 4.13. The van der Waals surface area contributed by atoms with E-state index in [1.807, 2.05) is 0 Å². The van der Waals surface area contributed by atoms with Crippen LogP contribution in [0.3, 0.4) is 0 Å². The van der Waals surface area contributed by atoms with Gasteiger partial charge in [-0.25, -0.2) is 17.6 Å². The second-order valence-corrected chi connectivity index (χ2v) is 3.99. The van der Waals surface area contributed by atoms with Crippen molar-refractivity contribution in [1.29, 1.82) is 0 Å². The Morgan fingerprint density at radius 1 is 0.812 bits per heavy atom. The number of benzene rings is 1. The van der Waals surface area contributed by atoms with Gasteiger partial charge in [0.1, 0.15) is 10.7 Å². The summed E-state index contributed by atoms with van der Waals surface area (Å²) in [5.41, 5.74) is -0.656. The van der Waals surface area contributed by atoms with Crippen LogP contribution < -0.4 is 4.90 Å². The van der Waals surface area contributed by atoms with E-state index in [-0.39, 0.29) is 0 Å². The first-order valence-electron chi connectivity index (χ1n) is 4.80. The van der Waals surface area contributed by atoms with Crippen LogP contribution in [0.25, 0.3) is 0 Å². The lowest BCUT2D eigenvalue weighted by Gasteiger charge is -2.19. The minimum absolute atomic E-state index is 0.383. The molecule has 0 bridgehead atoms. The normalized spacial score (nSPS) is 15.9. The van der Waals surface area contributed by atoms with Crippen LogP contribution in [0.5, 0.6) is 0 Å². The van der Waals surface area contributed by atoms with Gasteiger partial charge in [0.25, 0.3) is 0 Å². The van der Waals surface area contributed by atoms with Crippen molar-refractivity contribution in [1.82, 2.24) is 0 Å². The Hall–Kier alpha value is -0.970. The molecule has 16 heavy (non-hydrogen) atoms. The van der Waals surface area contributed by atoms with Crippen LogP contribution in [0.15, 0.2) is 0 Å². The minimum Gasteiger partial charge on any atom is -0.367 e. The fraction of sp³-hybridized carbons (Fsp3) is 0.400. The first-order chi connectivity index (χ1) is 7.54. The molecule has 88 valence electrons. The molecular formula is C10H8ClF4N. The van der Waals surface area contributed by atoms with Gasteiger partial charge >= 0.3 is 0 Å². The molecule has 0 aromatic heterocycles. The summed E-state index contributed by atoms with van der Waals surface area (Å²) >= 11 is 5.12. The molecule has 0 saturated carbocycles. The highest BCUT2D eigenvalue weighted by Gasteiger charge is 2.29. The number of nitrogens with zero attached hydrogens (tertiary/aromatic N) is 1. The molecule has 0 radical (unpaired) electrons. The predicted octanol–water partition coefficient (Wildman–Crippen LogP) is 3.50. The highest BCUT2D eigenvalue weighted by Crippen LogP contribution is 2.34. The summed E-state index contributed by atoms with van der Waals surface area (Å²) in [6.07, 6.45) is 1.48. The number of halogens is 5. The molecule has 0 spiro atoms. The Bertz CT molecular complexity index is 400. The monoisotopic (exact) mass is 253 g/mol. The van der Waals surface area contributed by atoms with Crippen molar-refractivity contribution in [2.45, 2.75) is 12.8 Å². The zero-order valence-corrected chi connectivity index (χ0v) is 8.92. The van der Waals surface area contributed by atoms with Gasteiger partial charge in [-0.15, -0.1) is 0 Å². The van der Waals surface area contributed by atoms with Crippen molar-refractivity contribution in [3.63, 3.8) is 0 Å². The topological polar surface area (TPSA) is 3.24 Å². The molecule has 0 unspecified atom stereocenters. The fourth-order valence-corrected chi connectivity index (χ4v) is 1.98. The molecule has 0 N–H and O–H groups in total. The van der Waals surface area contributed by atoms with E-state index >= 15 is 0 Å². The van der Waals surface area contributed by atoms with Crippen LogP contribution in [0, 0.1) is 23.3 Å². The van der Waals surface area contributed by atoms with E-state index < -0.39 is 34.0 Å². The molecule has 6 heteroatoms. The lowest BCUT2D eigenvalue weighted by molar-refractivity contribution is 0.454. The van der Waals surface area contributed by atoms with Crippen molar-refractivity contribution < 1.29 is 17.6 Å². The van der Waals surface area contributed by atoms with Crippen molar-refractivity contribution in [3.05, 3.63) is 28.3 Å². The van der Waals surface area contributed by atoms with Gasteiger partial charge in [-0.1, -0.05) is 11.6 Å². The molecule has 0 amide bonds. The van der Waals surface area contributed by atoms with Gasteiger partial charge in [0.05, 0.1) is 0 Å². The van der Waals surface area contributed by atoms with Gasteiger partial charge in [0.15, 0.2) is 23.3 Å². The standard InChI is InChI=1S/C10H8ClF4N/c11-5-6(12)8(14)10(9(15)7(5)13)16-3-1-2-4-16/h1-4H2. The maximum atomic E-state index is 13.4. The molecule has 1 fully saturated rings. The Kier molecular flexibility index (Phi) is 2.97. The Balaban J connectivity index is 2.59. The summed E-state index contributed by atoms with van der Waals surface area (Å²) in [5, 5.41) is -1.14. The molecule has 1 nitrogen and oxygen atoms in total. The summed E-state index contributed by atoms with van der Waals surface area (Å²) in [6, 6.07) is 0. The number of rotatable bonds is 1. The second-order valence-electron chi connectivity index (χ2n) is 3.61. The highest BCUT2D eigenvalue weighted by molar-refractivity contribution is 6.31. The summed E-state index contributed by atoms with van der Waals surface area (Å²) in [6.45, 7) is 0.767. The Labute approximate surface area is 94.6 Å². The molecule has 2 rings (SSSR count). The van der Waals surface area contributed by atoms with E-state index in [1.54, 1.807) is 0 Å². The molecule has 1 aromatic carbocycles. The molecule has 1 heterocycles. The van der Waals surface area contributed by atoms with E-state index in [9.17, 15) is 17.6 Å². The molecule has 1 aliphatic heterocycles. The van der Waals surface area contributed by atoms with Crippen LogP contribution in [-0.4, -0.2) is 13.1 Å². The fourth-order valence-electron chi connectivity index (χ4n) is 1.81. The average molecular weight is 254 g/mol. The van der Waals surface area contributed by atoms with Crippen molar-refractivity contribution in [2.24, 2.45) is 0 Å². The molecule has 1 aromatic rings. The summed E-state index contributed by atoms with van der Waals surface area (Å²) in [4.78, 5) is 1.28. The van der Waals surface area contributed by atoms with Crippen LogP contribution >= 0.6 is 11.6 Å². The molecule has 1 aliphatic rings. The summed E-state index contributed by atoms with van der Waals surface area (Å²) < 4.78 is 53.2. The zero-order chi connectivity index (χ0) is 11.9. The highest BCUT2D eigenvalue weighted by atomic mass is 35.5. The molecule has 0 aliphatic carbocycles. The molecule has 1 saturated heterocycles. The van der Waals surface area contributed by atoms with Gasteiger partial charge in [0.2, 0.25) is 0 Å². The minimum atomic E-state index is -1.54. The quantitative estimate of drug-likeness (QED) is 0.421. The van der Waals surface area contributed by atoms with Gasteiger partial charge in [-0.2, -0.15) is 0 Å². The van der Waals surface area contributed by atoms with E-state index in [4.69, 9.17) is 11.6 Å². The number of hydrogen-bond acceptors (Lipinski definition) is 1. The maximum absolute atomic E-state index is 13.4. The first-order valence-corrected chi connectivity index (χ1v) is 5.18. The Morgan fingerprint density at radius 3 is 1.69 bits per heavy atom. The molecule has 0 atom stereocenters. The van der Waals surface area contributed by atoms with Crippen LogP contribution in [0.4, 0.5) is 23.2 Å². The average Bonchev–Trinajstić information content (AvgIpc) is 2.77. The lowest BCUT2D eigenvalue weighted by atomic mass is 10.2. The van der Waals surface area contributed by atoms with E-state index in [0.29, 0.717) is 13.1 Å². The third kappa shape index (κ3) is 1.63. The van der Waals surface area contributed by atoms with Crippen molar-refractivity contribution >= 4 is 17.3 Å². The summed E-state index contributed by atoms with van der Waals surface area (Å²) in [7, 11) is 0. The van der Waals surface area contributed by atoms with Crippen LogP contribution in [-0.2, 0) is 0 Å². The number of hydrogen-bond donors (Lipinski definition) is 0. The Morgan fingerprint density at radius 2 is 1.25 bits per heavy atom. The first kappa shape index (κ1) is 11.5. The predicted molar refractivity (Wildman–Crippen MR) is 52.7 cm³/mol. The lowest BCUT2D eigenvalue weighted by Crippen LogP contribution is -2.22. The zero-order valence-electron chi connectivity index (χ0n) is 8.17. The number of anilines is 1. The summed E-state index contributed by atoms with van der Waals surface area (Å²) in [5.74, 6) is -5.93. The van der Waals surface area contributed by atoms with E-state index in [0.717, 1.165) is 12.8 Å². The van der Waals surface area contributed by atoms with Gasteiger partial charge in [-0.05, 0) is 12.8 Å². The smallest absolute Gasteiger partial charge is 0.186 e. The van der Waals surface area contributed by atoms with Crippen LogP contribution in [0.1, 0.15) is 12.8 Å². The third-order valence-electron chi connectivity index (χ3n) is 2.61. The SMILES string of the molecule is Fc1c(F)c(N2CCCC2)c(F)c(F)c1Cl. The largest absolute Gasteiger partial charge is 0.367 e. The van der Waals surface area contributed by atoms with E-state index in [1.165, 1.54) is 4.90 Å². The van der Waals surface area contributed by atoms with E-state index in [2.05, 4.69) is 0 Å². The van der Waals surface area contributed by atoms with Gasteiger partial charge < -0.3 is 4.90 Å². The molecular weight excluding hydrogens is 246 g/mol. The third-order valence-corrected chi connectivity index (χ3v) is 2.94. The maximum Gasteiger partial charge on any atom is 0.186 e.